The Balaban J connectivity index is -0.00000112. The first-order valence-corrected chi connectivity index (χ1v) is 6.06. The Morgan fingerprint density at radius 3 is 1.12 bits per heavy atom. The van der Waals surface area contributed by atoms with Gasteiger partial charge in [0.1, 0.15) is 0 Å². The van der Waals surface area contributed by atoms with Gasteiger partial charge in [0.05, 0.1) is 0 Å². The van der Waals surface area contributed by atoms with Gasteiger partial charge in [-0.2, -0.15) is 0 Å². The molecule has 5 heteroatoms. The van der Waals surface area contributed by atoms with E-state index in [1.807, 2.05) is 0 Å². The van der Waals surface area contributed by atoms with Crippen LogP contribution in [0.4, 0.5) is 0 Å². The summed E-state index contributed by atoms with van der Waals surface area (Å²) in [7, 11) is 0. The molecule has 0 aromatic heterocycles. The molecule has 0 amide bonds. The molecule has 0 fully saturated rings. The average molecular weight is 254 g/mol. The molecule has 0 atom stereocenters. The van der Waals surface area contributed by atoms with Crippen LogP contribution in [0.25, 0.3) is 0 Å². The van der Waals surface area contributed by atoms with Crippen molar-refractivity contribution in [2.45, 2.75) is 64.2 Å². The van der Waals surface area contributed by atoms with E-state index in [2.05, 4.69) is 0 Å². The normalized spacial score (nSPS) is 9.65. The fourth-order valence-electron chi connectivity index (χ4n) is 1.61. The first-order valence-electron chi connectivity index (χ1n) is 6.06. The minimum atomic E-state index is -0.714. The van der Waals surface area contributed by atoms with Crippen LogP contribution in [-0.2, 0) is 9.59 Å². The summed E-state index contributed by atoms with van der Waals surface area (Å²) >= 11 is 0. The van der Waals surface area contributed by atoms with Crippen LogP contribution in [-0.4, -0.2) is 22.2 Å². The van der Waals surface area contributed by atoms with Crippen molar-refractivity contribution in [3.63, 3.8) is 0 Å². The largest absolute Gasteiger partial charge is 1.00 e. The van der Waals surface area contributed by atoms with Crippen LogP contribution in [0, 0.1) is 0 Å². The van der Waals surface area contributed by atoms with Crippen LogP contribution in [0.15, 0.2) is 0 Å². The van der Waals surface area contributed by atoms with E-state index in [1.54, 1.807) is 0 Å². The maximum Gasteiger partial charge on any atom is 1.00 e. The zero-order valence-electron chi connectivity index (χ0n) is 11.8. The number of carboxylic acid groups (broad SMARTS) is 2. The third-order valence-corrected chi connectivity index (χ3v) is 2.53. The third kappa shape index (κ3) is 18.5. The molecule has 0 bridgehead atoms. The van der Waals surface area contributed by atoms with Gasteiger partial charge in [0, 0.05) is 12.8 Å². The van der Waals surface area contributed by atoms with Crippen LogP contribution in [0.5, 0.6) is 0 Å². The van der Waals surface area contributed by atoms with Crippen molar-refractivity contribution in [1.29, 1.82) is 0 Å². The molecule has 4 nitrogen and oxygen atoms in total. The average Bonchev–Trinajstić information content (AvgIpc) is 2.20. The second-order valence-corrected chi connectivity index (χ2v) is 4.12. The molecule has 0 rings (SSSR count). The van der Waals surface area contributed by atoms with Gasteiger partial charge < -0.3 is 11.6 Å². The number of hydrogen-bond acceptors (Lipinski definition) is 2. The molecule has 17 heavy (non-hydrogen) atoms. The summed E-state index contributed by atoms with van der Waals surface area (Å²) in [5.74, 6) is -1.43. The first-order chi connectivity index (χ1) is 7.63. The van der Waals surface area contributed by atoms with Gasteiger partial charge in [0.2, 0.25) is 0 Å². The maximum atomic E-state index is 10.2. The van der Waals surface area contributed by atoms with Crippen molar-refractivity contribution in [2.24, 2.45) is 0 Å². The third-order valence-electron chi connectivity index (χ3n) is 2.53. The second-order valence-electron chi connectivity index (χ2n) is 4.12. The Hall–Kier alpha value is -0.0600. The summed E-state index contributed by atoms with van der Waals surface area (Å²) in [6, 6.07) is 0. The molecule has 0 heterocycles. The molecule has 0 saturated carbocycles. The summed E-state index contributed by atoms with van der Waals surface area (Å²) in [4.78, 5) is 20.4. The zero-order valence-corrected chi connectivity index (χ0v) is 12.8. The van der Waals surface area contributed by atoms with Gasteiger partial charge in [-0.1, -0.05) is 38.5 Å². The van der Waals surface area contributed by atoms with Crippen LogP contribution in [0.2, 0.25) is 0 Å². The van der Waals surface area contributed by atoms with Crippen molar-refractivity contribution in [2.75, 3.05) is 0 Å². The molecule has 0 aromatic rings. The van der Waals surface area contributed by atoms with Crippen molar-refractivity contribution in [1.82, 2.24) is 0 Å². The first kappa shape index (κ1) is 19.3. The molecular formula is C12H23NaO4. The molecule has 0 aliphatic carbocycles. The Kier molecular flexibility index (Phi) is 15.9. The molecule has 0 spiro atoms. The smallest absolute Gasteiger partial charge is 1.00 e. The summed E-state index contributed by atoms with van der Waals surface area (Å²) in [6.07, 6.45) is 8.51. The van der Waals surface area contributed by atoms with Gasteiger partial charge >= 0.3 is 41.5 Å². The number of rotatable bonds is 11. The molecule has 0 unspecified atom stereocenters. The van der Waals surface area contributed by atoms with E-state index in [-0.39, 0.29) is 43.8 Å². The van der Waals surface area contributed by atoms with Crippen molar-refractivity contribution < 1.29 is 50.8 Å². The number of carboxylic acids is 2. The Morgan fingerprint density at radius 1 is 0.647 bits per heavy atom. The van der Waals surface area contributed by atoms with Crippen LogP contribution in [0.1, 0.15) is 65.6 Å². The van der Waals surface area contributed by atoms with E-state index in [1.165, 1.54) is 0 Å². The fourth-order valence-corrected chi connectivity index (χ4v) is 1.61. The maximum absolute atomic E-state index is 10.2. The van der Waals surface area contributed by atoms with E-state index in [9.17, 15) is 9.59 Å². The van der Waals surface area contributed by atoms with Gasteiger partial charge in [-0.15, -0.1) is 0 Å². The van der Waals surface area contributed by atoms with Gasteiger partial charge in [-0.25, -0.2) is 0 Å². The van der Waals surface area contributed by atoms with Crippen molar-refractivity contribution in [3.05, 3.63) is 0 Å². The van der Waals surface area contributed by atoms with Gasteiger partial charge in [-0.05, 0) is 12.8 Å². The van der Waals surface area contributed by atoms with Gasteiger partial charge in [0.15, 0.2) is 0 Å². The topological polar surface area (TPSA) is 74.6 Å². The molecule has 0 aromatic carbocycles. The number of hydrogen-bond donors (Lipinski definition) is 2. The Bertz CT molecular complexity index is 190. The molecule has 0 aliphatic heterocycles. The quantitative estimate of drug-likeness (QED) is 0.407. The van der Waals surface area contributed by atoms with E-state index >= 15 is 0 Å². The van der Waals surface area contributed by atoms with E-state index in [0.717, 1.165) is 51.4 Å². The number of carbonyl (C=O) groups is 2. The van der Waals surface area contributed by atoms with E-state index in [4.69, 9.17) is 10.2 Å². The predicted octanol–water partition coefficient (Wildman–Crippen LogP) is 0.173. The SMILES string of the molecule is O=C(O)CCCCCCCCCCC(=O)O.[H-].[Na+]. The summed E-state index contributed by atoms with van der Waals surface area (Å²) < 4.78 is 0. The second kappa shape index (κ2) is 14.0. The molecule has 0 saturated heterocycles. The fraction of sp³-hybridized carbons (Fsp3) is 0.833. The van der Waals surface area contributed by atoms with Crippen LogP contribution >= 0.6 is 0 Å². The van der Waals surface area contributed by atoms with Gasteiger partial charge in [0.25, 0.3) is 0 Å². The standard InChI is InChI=1S/C12H22O4.Na.H/c13-11(14)9-7-5-3-1-2-4-6-8-10-12(15)16;;/h1-10H2,(H,13,14)(H,15,16);;/q;+1;-1. The van der Waals surface area contributed by atoms with Crippen molar-refractivity contribution in [3.8, 4) is 0 Å². The minimum absolute atomic E-state index is 0. The Labute approximate surface area is 127 Å². The predicted molar refractivity (Wildman–Crippen MR) is 62.6 cm³/mol. The summed E-state index contributed by atoms with van der Waals surface area (Å²) in [5, 5.41) is 16.8. The molecule has 2 N–H and O–H groups in total. The number of aliphatic carboxylic acids is 2. The molecule has 96 valence electrons. The monoisotopic (exact) mass is 254 g/mol. The van der Waals surface area contributed by atoms with Crippen LogP contribution < -0.4 is 29.6 Å². The summed E-state index contributed by atoms with van der Waals surface area (Å²) in [6.45, 7) is 0. The Morgan fingerprint density at radius 2 is 0.882 bits per heavy atom. The van der Waals surface area contributed by atoms with E-state index in [0.29, 0.717) is 0 Å². The van der Waals surface area contributed by atoms with Crippen molar-refractivity contribution >= 4 is 11.9 Å². The molecule has 0 aliphatic rings. The number of unbranched alkanes of at least 4 members (excludes halogenated alkanes) is 7. The van der Waals surface area contributed by atoms with E-state index < -0.39 is 11.9 Å². The minimum Gasteiger partial charge on any atom is -1.00 e. The molecule has 0 radical (unpaired) electrons. The van der Waals surface area contributed by atoms with Gasteiger partial charge in [-0.3, -0.25) is 9.59 Å². The zero-order chi connectivity index (χ0) is 12.2. The molecular weight excluding hydrogens is 231 g/mol. The van der Waals surface area contributed by atoms with Crippen LogP contribution in [0.3, 0.4) is 0 Å². The summed E-state index contributed by atoms with van der Waals surface area (Å²) in [5.41, 5.74) is 0.